The summed E-state index contributed by atoms with van der Waals surface area (Å²) in [4.78, 5) is 0. The van der Waals surface area contributed by atoms with Crippen LogP contribution in [-0.4, -0.2) is 0 Å². The Balaban J connectivity index is 1.44. The second-order valence-electron chi connectivity index (χ2n) is 9.20. The lowest BCUT2D eigenvalue weighted by atomic mass is 9.55. The summed E-state index contributed by atoms with van der Waals surface area (Å²) in [6.07, 6.45) is 12.7. The van der Waals surface area contributed by atoms with E-state index in [1.165, 1.54) is 63.5 Å². The lowest BCUT2D eigenvalue weighted by Gasteiger charge is -2.51. The monoisotopic (exact) mass is 364 g/mol. The molecule has 4 rings (SSSR count). The molecule has 1 aromatic carbocycles. The van der Waals surface area contributed by atoms with Crippen LogP contribution < -0.4 is 0 Å². The van der Waals surface area contributed by atoms with Crippen LogP contribution in [0.2, 0.25) is 0 Å². The Morgan fingerprint density at radius 1 is 0.808 bits per heavy atom. The van der Waals surface area contributed by atoms with Crippen molar-refractivity contribution in [3.8, 4) is 0 Å². The van der Waals surface area contributed by atoms with Gasteiger partial charge in [0, 0.05) is 0 Å². The third-order valence-corrected chi connectivity index (χ3v) is 7.82. The van der Waals surface area contributed by atoms with Gasteiger partial charge in [0.1, 0.15) is 0 Å². The van der Waals surface area contributed by atoms with E-state index in [0.29, 0.717) is 11.5 Å². The van der Waals surface area contributed by atoms with Gasteiger partial charge in [-0.05, 0) is 98.1 Å². The van der Waals surface area contributed by atoms with Crippen LogP contribution in [0.15, 0.2) is 12.1 Å². The minimum Gasteiger partial charge on any atom is -0.204 e. The topological polar surface area (TPSA) is 0 Å². The van der Waals surface area contributed by atoms with Crippen LogP contribution in [0.3, 0.4) is 0 Å². The lowest BCUT2D eigenvalue weighted by molar-refractivity contribution is 0.00538. The third kappa shape index (κ3) is 3.43. The van der Waals surface area contributed by atoms with Crippen molar-refractivity contribution in [2.45, 2.75) is 77.0 Å². The number of halogens is 3. The molecule has 0 saturated heterocycles. The van der Waals surface area contributed by atoms with E-state index in [1.807, 2.05) is 0 Å². The van der Waals surface area contributed by atoms with Gasteiger partial charge in [0.05, 0.1) is 0 Å². The van der Waals surface area contributed by atoms with E-state index in [4.69, 9.17) is 0 Å². The first kappa shape index (κ1) is 18.4. The van der Waals surface area contributed by atoms with Crippen molar-refractivity contribution < 1.29 is 13.2 Å². The van der Waals surface area contributed by atoms with Gasteiger partial charge in [-0.3, -0.25) is 0 Å². The zero-order valence-corrected chi connectivity index (χ0v) is 15.8. The van der Waals surface area contributed by atoms with E-state index in [0.717, 1.165) is 36.5 Å². The van der Waals surface area contributed by atoms with E-state index >= 15 is 0 Å². The fourth-order valence-corrected chi connectivity index (χ4v) is 6.68. The van der Waals surface area contributed by atoms with Crippen LogP contribution in [0.4, 0.5) is 13.2 Å². The summed E-state index contributed by atoms with van der Waals surface area (Å²) in [6.45, 7) is 2.30. The SMILES string of the molecule is CCC[C@@H]1CC[C@H]2C(CCC3CC(c4cc(F)c(F)c(F)c4)CCC32)C1. The van der Waals surface area contributed by atoms with Crippen LogP contribution in [-0.2, 0) is 0 Å². The van der Waals surface area contributed by atoms with Gasteiger partial charge < -0.3 is 0 Å². The highest BCUT2D eigenvalue weighted by atomic mass is 19.2. The molecule has 6 atom stereocenters. The second kappa shape index (κ2) is 7.56. The van der Waals surface area contributed by atoms with Crippen molar-refractivity contribution in [2.75, 3.05) is 0 Å². The molecule has 144 valence electrons. The maximum Gasteiger partial charge on any atom is 0.194 e. The Morgan fingerprint density at radius 2 is 1.42 bits per heavy atom. The summed E-state index contributed by atoms with van der Waals surface area (Å²) in [5, 5.41) is 0. The molecule has 4 unspecified atom stereocenters. The average molecular weight is 364 g/mol. The largest absolute Gasteiger partial charge is 0.204 e. The second-order valence-corrected chi connectivity index (χ2v) is 9.20. The molecule has 0 bridgehead atoms. The molecule has 0 N–H and O–H groups in total. The fourth-order valence-electron chi connectivity index (χ4n) is 6.68. The molecule has 0 aliphatic heterocycles. The van der Waals surface area contributed by atoms with Crippen molar-refractivity contribution in [1.82, 2.24) is 0 Å². The maximum atomic E-state index is 13.6. The number of hydrogen-bond donors (Lipinski definition) is 0. The minimum absolute atomic E-state index is 0.189. The summed E-state index contributed by atoms with van der Waals surface area (Å²) >= 11 is 0. The van der Waals surface area contributed by atoms with E-state index in [9.17, 15) is 13.2 Å². The first-order valence-corrected chi connectivity index (χ1v) is 10.7. The molecule has 3 aliphatic carbocycles. The van der Waals surface area contributed by atoms with Crippen LogP contribution in [0, 0.1) is 47.0 Å². The number of rotatable bonds is 3. The maximum absolute atomic E-state index is 13.6. The molecule has 0 nitrogen and oxygen atoms in total. The summed E-state index contributed by atoms with van der Waals surface area (Å²) < 4.78 is 40.5. The first-order valence-electron chi connectivity index (χ1n) is 10.7. The highest BCUT2D eigenvalue weighted by Gasteiger charge is 2.44. The quantitative estimate of drug-likeness (QED) is 0.496. The molecule has 3 aliphatic rings. The predicted molar refractivity (Wildman–Crippen MR) is 98.4 cm³/mol. The third-order valence-electron chi connectivity index (χ3n) is 7.82. The van der Waals surface area contributed by atoms with Crippen molar-refractivity contribution in [2.24, 2.45) is 29.6 Å². The van der Waals surface area contributed by atoms with Gasteiger partial charge in [-0.15, -0.1) is 0 Å². The highest BCUT2D eigenvalue weighted by molar-refractivity contribution is 5.24. The number of hydrogen-bond acceptors (Lipinski definition) is 0. The first-order chi connectivity index (χ1) is 12.6. The van der Waals surface area contributed by atoms with Gasteiger partial charge in [-0.25, -0.2) is 13.2 Å². The zero-order chi connectivity index (χ0) is 18.3. The Hall–Kier alpha value is -0.990. The Kier molecular flexibility index (Phi) is 5.34. The molecule has 1 aromatic rings. The molecule has 3 fully saturated rings. The van der Waals surface area contributed by atoms with Crippen molar-refractivity contribution in [1.29, 1.82) is 0 Å². The summed E-state index contributed by atoms with van der Waals surface area (Å²) in [5.41, 5.74) is 0.661. The van der Waals surface area contributed by atoms with Crippen molar-refractivity contribution in [3.63, 3.8) is 0 Å². The highest BCUT2D eigenvalue weighted by Crippen LogP contribution is 2.55. The van der Waals surface area contributed by atoms with Crippen LogP contribution in [0.5, 0.6) is 0 Å². The van der Waals surface area contributed by atoms with E-state index < -0.39 is 17.5 Å². The van der Waals surface area contributed by atoms with Gasteiger partial charge in [0.15, 0.2) is 17.5 Å². The molecule has 3 saturated carbocycles. The predicted octanol–water partition coefficient (Wildman–Crippen LogP) is 7.23. The molecule has 0 amide bonds. The smallest absolute Gasteiger partial charge is 0.194 e. The molecule has 3 heteroatoms. The summed E-state index contributed by atoms with van der Waals surface area (Å²) in [7, 11) is 0. The van der Waals surface area contributed by atoms with Crippen molar-refractivity contribution >= 4 is 0 Å². The Labute approximate surface area is 155 Å². The van der Waals surface area contributed by atoms with Crippen LogP contribution in [0.25, 0.3) is 0 Å². The van der Waals surface area contributed by atoms with Crippen molar-refractivity contribution in [3.05, 3.63) is 35.1 Å². The lowest BCUT2D eigenvalue weighted by Crippen LogP contribution is -2.41. The zero-order valence-electron chi connectivity index (χ0n) is 15.8. The molecular formula is C23H31F3. The Bertz CT molecular complexity index is 617. The number of fused-ring (bicyclic) bond motifs is 3. The van der Waals surface area contributed by atoms with Gasteiger partial charge >= 0.3 is 0 Å². The van der Waals surface area contributed by atoms with Gasteiger partial charge in [-0.1, -0.05) is 26.2 Å². The summed E-state index contributed by atoms with van der Waals surface area (Å²) in [5.74, 6) is 1.00. The van der Waals surface area contributed by atoms with Crippen LogP contribution in [0.1, 0.15) is 82.6 Å². The molecular weight excluding hydrogens is 333 g/mol. The molecule has 0 radical (unpaired) electrons. The van der Waals surface area contributed by atoms with Gasteiger partial charge in [0.2, 0.25) is 0 Å². The van der Waals surface area contributed by atoms with Gasteiger partial charge in [-0.2, -0.15) is 0 Å². The van der Waals surface area contributed by atoms with E-state index in [-0.39, 0.29) is 5.92 Å². The summed E-state index contributed by atoms with van der Waals surface area (Å²) in [6, 6.07) is 2.45. The van der Waals surface area contributed by atoms with E-state index in [2.05, 4.69) is 6.92 Å². The normalized spacial score (nSPS) is 37.1. The fraction of sp³-hybridized carbons (Fsp3) is 0.739. The van der Waals surface area contributed by atoms with Gasteiger partial charge in [0.25, 0.3) is 0 Å². The minimum atomic E-state index is -1.34. The molecule has 0 aromatic heterocycles. The standard InChI is InChI=1S/C23H31F3/c1-2-3-14-4-8-19-16(10-14)5-6-17-11-15(7-9-20(17)19)18-12-21(24)23(26)22(25)13-18/h12-17,19-20H,2-11H2,1H3/t14-,15?,16?,17?,19+,20?/m1/s1. The van der Waals surface area contributed by atoms with E-state index in [1.54, 1.807) is 0 Å². The average Bonchev–Trinajstić information content (AvgIpc) is 2.65. The molecule has 0 heterocycles. The Morgan fingerprint density at radius 3 is 2.08 bits per heavy atom. The number of benzene rings is 1. The molecule has 26 heavy (non-hydrogen) atoms. The van der Waals surface area contributed by atoms with Crippen LogP contribution >= 0.6 is 0 Å². The molecule has 0 spiro atoms.